The van der Waals surface area contributed by atoms with E-state index in [-0.39, 0.29) is 0 Å². The highest BCUT2D eigenvalue weighted by Gasteiger charge is 2.37. The highest BCUT2D eigenvalue weighted by Crippen LogP contribution is 2.26. The fourth-order valence-electron chi connectivity index (χ4n) is 3.18. The minimum Gasteiger partial charge on any atom is -0.321 e. The second-order valence-electron chi connectivity index (χ2n) is 6.38. The van der Waals surface area contributed by atoms with Crippen LogP contribution < -0.4 is 0 Å². The van der Waals surface area contributed by atoms with Crippen LogP contribution in [0.25, 0.3) is 0 Å². The molecule has 18 heavy (non-hydrogen) atoms. The van der Waals surface area contributed by atoms with Crippen LogP contribution in [0, 0.1) is 0 Å². The van der Waals surface area contributed by atoms with Gasteiger partial charge < -0.3 is 9.13 Å². The van der Waals surface area contributed by atoms with Crippen molar-refractivity contribution >= 4 is 16.5 Å². The normalized spacial score (nSPS) is 20.3. The first-order valence-corrected chi connectivity index (χ1v) is 13.7. The third-order valence-electron chi connectivity index (χ3n) is 5.85. The third-order valence-corrected chi connectivity index (χ3v) is 15.9. The summed E-state index contributed by atoms with van der Waals surface area (Å²) < 4.78 is 5.76. The lowest BCUT2D eigenvalue weighted by atomic mass is 10.4. The van der Waals surface area contributed by atoms with Crippen molar-refractivity contribution in [2.75, 3.05) is 26.2 Å². The van der Waals surface area contributed by atoms with Gasteiger partial charge in [-0.05, 0) is 24.2 Å². The quantitative estimate of drug-likeness (QED) is 0.685. The van der Waals surface area contributed by atoms with Gasteiger partial charge in [0.25, 0.3) is 0 Å². The van der Waals surface area contributed by atoms with Gasteiger partial charge in [0, 0.05) is 26.2 Å². The molecule has 1 aliphatic rings. The summed E-state index contributed by atoms with van der Waals surface area (Å²) in [6.07, 6.45) is 0. The summed E-state index contributed by atoms with van der Waals surface area (Å²) in [5, 5.41) is 0. The third kappa shape index (κ3) is 3.27. The van der Waals surface area contributed by atoms with Gasteiger partial charge in [0.05, 0.1) is 0 Å². The molecule has 0 amide bonds. The summed E-state index contributed by atoms with van der Waals surface area (Å²) in [4.78, 5) is 0. The predicted octanol–water partition coefficient (Wildman–Crippen LogP) is 3.83. The SMILES string of the molecule is CC[Si](C)(CC)N1CCN([Si](C)(CC)CC)CC1. The zero-order valence-electron chi connectivity index (χ0n) is 13.6. The zero-order chi connectivity index (χ0) is 13.8. The molecule has 1 saturated heterocycles. The maximum absolute atomic E-state index is 2.88. The molecule has 1 rings (SSSR count). The molecule has 0 aromatic heterocycles. The summed E-state index contributed by atoms with van der Waals surface area (Å²) in [6.45, 7) is 20.1. The summed E-state index contributed by atoms with van der Waals surface area (Å²) in [6, 6.07) is 5.67. The van der Waals surface area contributed by atoms with Crippen molar-refractivity contribution in [1.29, 1.82) is 0 Å². The molecule has 0 atom stereocenters. The maximum atomic E-state index is 2.88. The molecule has 0 saturated carbocycles. The Balaban J connectivity index is 2.61. The molecule has 1 fully saturated rings. The molecule has 0 N–H and O–H groups in total. The predicted molar refractivity (Wildman–Crippen MR) is 88.3 cm³/mol. The first-order valence-electron chi connectivity index (χ1n) is 7.95. The van der Waals surface area contributed by atoms with Crippen LogP contribution in [-0.2, 0) is 0 Å². The van der Waals surface area contributed by atoms with Crippen molar-refractivity contribution in [3.8, 4) is 0 Å². The van der Waals surface area contributed by atoms with E-state index in [1.807, 2.05) is 0 Å². The van der Waals surface area contributed by atoms with Crippen molar-refractivity contribution in [1.82, 2.24) is 9.13 Å². The Morgan fingerprint density at radius 3 is 1.00 bits per heavy atom. The Labute approximate surface area is 117 Å². The number of piperazine rings is 1. The van der Waals surface area contributed by atoms with Gasteiger partial charge in [-0.25, -0.2) is 0 Å². The van der Waals surface area contributed by atoms with E-state index >= 15 is 0 Å². The van der Waals surface area contributed by atoms with Crippen molar-refractivity contribution < 1.29 is 0 Å². The van der Waals surface area contributed by atoms with Crippen LogP contribution in [0.2, 0.25) is 37.3 Å². The lowest BCUT2D eigenvalue weighted by molar-refractivity contribution is 0.258. The minimum absolute atomic E-state index is 1.08. The minimum atomic E-state index is -1.08. The second kappa shape index (κ2) is 6.68. The molecule has 0 aromatic carbocycles. The van der Waals surface area contributed by atoms with Crippen LogP contribution in [0.5, 0.6) is 0 Å². The monoisotopic (exact) mass is 286 g/mol. The fourth-order valence-corrected chi connectivity index (χ4v) is 8.53. The van der Waals surface area contributed by atoms with Gasteiger partial charge in [-0.2, -0.15) is 0 Å². The lowest BCUT2D eigenvalue weighted by Crippen LogP contribution is -2.63. The van der Waals surface area contributed by atoms with E-state index in [0.29, 0.717) is 0 Å². The van der Waals surface area contributed by atoms with E-state index in [1.165, 1.54) is 50.4 Å². The van der Waals surface area contributed by atoms with Gasteiger partial charge in [0.2, 0.25) is 0 Å². The van der Waals surface area contributed by atoms with Gasteiger partial charge >= 0.3 is 0 Å². The van der Waals surface area contributed by atoms with E-state index in [2.05, 4.69) is 49.9 Å². The standard InChI is InChI=1S/C14H34N2Si2/c1-7-17(5,8-2)15-11-13-16(14-12-15)18(6,9-3)10-4/h7-14H2,1-6H3. The highest BCUT2D eigenvalue weighted by atomic mass is 28.3. The lowest BCUT2D eigenvalue weighted by Gasteiger charge is -2.49. The van der Waals surface area contributed by atoms with E-state index in [1.54, 1.807) is 0 Å². The molecule has 2 nitrogen and oxygen atoms in total. The Hall–Kier alpha value is 0.354. The van der Waals surface area contributed by atoms with E-state index in [0.717, 1.165) is 0 Å². The summed E-state index contributed by atoms with van der Waals surface area (Å²) in [5.41, 5.74) is 0. The average molecular weight is 287 g/mol. The van der Waals surface area contributed by atoms with Crippen molar-refractivity contribution in [3.63, 3.8) is 0 Å². The summed E-state index contributed by atoms with van der Waals surface area (Å²) in [7, 11) is -2.17. The van der Waals surface area contributed by atoms with Crippen LogP contribution in [-0.4, -0.2) is 51.8 Å². The maximum Gasteiger partial charge on any atom is 0.124 e. The Bertz CT molecular complexity index is 216. The largest absolute Gasteiger partial charge is 0.321 e. The average Bonchev–Trinajstić information content (AvgIpc) is 2.45. The molecule has 0 bridgehead atoms. The second-order valence-corrected chi connectivity index (χ2v) is 16.5. The van der Waals surface area contributed by atoms with Crippen molar-refractivity contribution in [2.45, 2.75) is 65.0 Å². The highest BCUT2D eigenvalue weighted by molar-refractivity contribution is 6.76. The zero-order valence-corrected chi connectivity index (χ0v) is 15.6. The number of nitrogens with zero attached hydrogens (tertiary/aromatic N) is 2. The molecule has 108 valence electrons. The van der Waals surface area contributed by atoms with Crippen LogP contribution >= 0.6 is 0 Å². The van der Waals surface area contributed by atoms with Crippen LogP contribution in [0.4, 0.5) is 0 Å². The molecule has 1 aliphatic heterocycles. The molecular weight excluding hydrogens is 252 g/mol. The smallest absolute Gasteiger partial charge is 0.124 e. The molecule has 4 heteroatoms. The van der Waals surface area contributed by atoms with Gasteiger partial charge in [-0.1, -0.05) is 40.8 Å². The number of hydrogen-bond acceptors (Lipinski definition) is 2. The van der Waals surface area contributed by atoms with Crippen LogP contribution in [0.1, 0.15) is 27.7 Å². The number of hydrogen-bond donors (Lipinski definition) is 0. The Morgan fingerprint density at radius 1 is 0.611 bits per heavy atom. The van der Waals surface area contributed by atoms with Gasteiger partial charge in [0.1, 0.15) is 16.5 Å². The first kappa shape index (κ1) is 16.4. The number of rotatable bonds is 6. The van der Waals surface area contributed by atoms with E-state index in [9.17, 15) is 0 Å². The first-order chi connectivity index (χ1) is 8.45. The summed E-state index contributed by atoms with van der Waals surface area (Å²) in [5.74, 6) is 0. The molecular formula is C14H34N2Si2. The molecule has 0 aromatic rings. The Kier molecular flexibility index (Phi) is 6.09. The fraction of sp³-hybridized carbons (Fsp3) is 1.00. The molecule has 0 aliphatic carbocycles. The van der Waals surface area contributed by atoms with Gasteiger partial charge in [-0.3, -0.25) is 0 Å². The topological polar surface area (TPSA) is 6.48 Å². The molecule has 0 unspecified atom stereocenters. The molecule has 1 heterocycles. The van der Waals surface area contributed by atoms with Crippen molar-refractivity contribution in [2.24, 2.45) is 0 Å². The summed E-state index contributed by atoms with van der Waals surface area (Å²) >= 11 is 0. The van der Waals surface area contributed by atoms with Gasteiger partial charge in [-0.15, -0.1) is 0 Å². The Morgan fingerprint density at radius 2 is 0.833 bits per heavy atom. The van der Waals surface area contributed by atoms with Gasteiger partial charge in [0.15, 0.2) is 0 Å². The van der Waals surface area contributed by atoms with Crippen LogP contribution in [0.3, 0.4) is 0 Å². The van der Waals surface area contributed by atoms with Crippen LogP contribution in [0.15, 0.2) is 0 Å². The molecule has 0 spiro atoms. The van der Waals surface area contributed by atoms with E-state index in [4.69, 9.17) is 0 Å². The van der Waals surface area contributed by atoms with E-state index < -0.39 is 16.5 Å². The molecule has 0 radical (unpaired) electrons. The van der Waals surface area contributed by atoms with Crippen molar-refractivity contribution in [3.05, 3.63) is 0 Å².